The van der Waals surface area contributed by atoms with Crippen molar-refractivity contribution < 1.29 is 18.7 Å². The van der Waals surface area contributed by atoms with Crippen molar-refractivity contribution in [2.24, 2.45) is 5.92 Å². The molecule has 2 atom stereocenters. The summed E-state index contributed by atoms with van der Waals surface area (Å²) in [7, 11) is 1.64. The van der Waals surface area contributed by atoms with Gasteiger partial charge in [0.15, 0.2) is 0 Å². The lowest BCUT2D eigenvalue weighted by Gasteiger charge is -2.15. The van der Waals surface area contributed by atoms with Crippen molar-refractivity contribution in [1.82, 2.24) is 10.6 Å². The maximum absolute atomic E-state index is 12.1. The molecular formula is C18H24N2O4. The molecule has 1 aromatic heterocycles. The topological polar surface area (TPSA) is 72.7 Å². The smallest absolute Gasteiger partial charge is 0.315 e. The second-order valence-electron chi connectivity index (χ2n) is 6.26. The first-order valence-electron chi connectivity index (χ1n) is 8.27. The predicted octanol–water partition coefficient (Wildman–Crippen LogP) is 3.15. The molecule has 0 radical (unpaired) electrons. The maximum atomic E-state index is 12.1. The van der Waals surface area contributed by atoms with Crippen molar-refractivity contribution in [2.75, 3.05) is 26.9 Å². The lowest BCUT2D eigenvalue weighted by Crippen LogP contribution is -2.39. The standard InChI is InChI=1S/C18H24N2O4/c1-11-15-8-14(22-3)4-5-16(15)24-17(11)12(2)20-18(21)19-9-13-6-7-23-10-13/h4-5,8,12-13H,6-7,9-10H2,1-3H3,(H2,19,20,21)/t12-,13+/m1/s1. The average molecular weight is 332 g/mol. The number of ether oxygens (including phenoxy) is 2. The van der Waals surface area contributed by atoms with Gasteiger partial charge in [0.05, 0.1) is 19.8 Å². The number of rotatable bonds is 5. The van der Waals surface area contributed by atoms with Crippen LogP contribution >= 0.6 is 0 Å². The molecule has 24 heavy (non-hydrogen) atoms. The molecule has 6 heteroatoms. The zero-order valence-corrected chi connectivity index (χ0v) is 14.3. The van der Waals surface area contributed by atoms with E-state index >= 15 is 0 Å². The SMILES string of the molecule is COc1ccc2oc([C@@H](C)NC(=O)NC[C@@H]3CCOC3)c(C)c2c1. The summed E-state index contributed by atoms with van der Waals surface area (Å²) in [5.41, 5.74) is 1.81. The molecule has 3 rings (SSSR count). The fourth-order valence-electron chi connectivity index (χ4n) is 3.05. The highest BCUT2D eigenvalue weighted by molar-refractivity contribution is 5.84. The van der Waals surface area contributed by atoms with Crippen LogP contribution in [0.2, 0.25) is 0 Å². The summed E-state index contributed by atoms with van der Waals surface area (Å²) in [6.45, 7) is 6.05. The van der Waals surface area contributed by atoms with E-state index < -0.39 is 0 Å². The number of carbonyl (C=O) groups excluding carboxylic acids is 1. The molecule has 0 saturated carbocycles. The number of hydrogen-bond donors (Lipinski definition) is 2. The number of hydrogen-bond acceptors (Lipinski definition) is 4. The normalized spacial score (nSPS) is 18.5. The van der Waals surface area contributed by atoms with Gasteiger partial charge in [0.2, 0.25) is 0 Å². The van der Waals surface area contributed by atoms with E-state index in [2.05, 4.69) is 10.6 Å². The Labute approximate surface area is 141 Å². The number of furan rings is 1. The zero-order chi connectivity index (χ0) is 17.1. The Morgan fingerprint density at radius 2 is 2.29 bits per heavy atom. The van der Waals surface area contributed by atoms with E-state index in [0.29, 0.717) is 12.5 Å². The highest BCUT2D eigenvalue weighted by Gasteiger charge is 2.20. The Bertz CT molecular complexity index is 719. The fourth-order valence-corrected chi connectivity index (χ4v) is 3.05. The van der Waals surface area contributed by atoms with Crippen molar-refractivity contribution in [3.05, 3.63) is 29.5 Å². The summed E-state index contributed by atoms with van der Waals surface area (Å²) >= 11 is 0. The molecule has 2 N–H and O–H groups in total. The van der Waals surface area contributed by atoms with Crippen LogP contribution in [0.3, 0.4) is 0 Å². The van der Waals surface area contributed by atoms with Gasteiger partial charge in [-0.2, -0.15) is 0 Å². The summed E-state index contributed by atoms with van der Waals surface area (Å²) < 4.78 is 16.5. The third-order valence-corrected chi connectivity index (χ3v) is 4.50. The maximum Gasteiger partial charge on any atom is 0.315 e. The molecule has 0 spiro atoms. The van der Waals surface area contributed by atoms with Crippen LogP contribution in [-0.2, 0) is 4.74 Å². The minimum absolute atomic E-state index is 0.188. The van der Waals surface area contributed by atoms with E-state index in [9.17, 15) is 4.79 Å². The van der Waals surface area contributed by atoms with Crippen LogP contribution in [0.1, 0.15) is 30.7 Å². The summed E-state index contributed by atoms with van der Waals surface area (Å²) in [5, 5.41) is 6.84. The van der Waals surface area contributed by atoms with Crippen molar-refractivity contribution >= 4 is 17.0 Å². The van der Waals surface area contributed by atoms with Gasteiger partial charge in [-0.05, 0) is 38.5 Å². The predicted molar refractivity (Wildman–Crippen MR) is 91.4 cm³/mol. The molecule has 1 aromatic carbocycles. The van der Waals surface area contributed by atoms with E-state index in [1.165, 1.54) is 0 Å². The van der Waals surface area contributed by atoms with Gasteiger partial charge in [-0.3, -0.25) is 0 Å². The summed E-state index contributed by atoms with van der Waals surface area (Å²) in [5.74, 6) is 1.96. The van der Waals surface area contributed by atoms with Gasteiger partial charge in [0, 0.05) is 30.0 Å². The average Bonchev–Trinajstić information content (AvgIpc) is 3.21. The molecule has 1 saturated heterocycles. The molecule has 6 nitrogen and oxygen atoms in total. The van der Waals surface area contributed by atoms with Crippen molar-refractivity contribution in [3.63, 3.8) is 0 Å². The lowest BCUT2D eigenvalue weighted by molar-refractivity contribution is 0.185. The van der Waals surface area contributed by atoms with Crippen LogP contribution in [0.4, 0.5) is 4.79 Å². The summed E-state index contributed by atoms with van der Waals surface area (Å²) in [6.07, 6.45) is 1.00. The minimum atomic E-state index is -0.219. The number of nitrogens with one attached hydrogen (secondary N) is 2. The van der Waals surface area contributed by atoms with Crippen molar-refractivity contribution in [3.8, 4) is 5.75 Å². The third-order valence-electron chi connectivity index (χ3n) is 4.50. The molecule has 2 aromatic rings. The Kier molecular flexibility index (Phi) is 4.94. The van der Waals surface area contributed by atoms with Gasteiger partial charge in [-0.15, -0.1) is 0 Å². The van der Waals surface area contributed by atoms with E-state index in [1.807, 2.05) is 32.0 Å². The number of aryl methyl sites for hydroxylation is 1. The second-order valence-corrected chi connectivity index (χ2v) is 6.26. The molecule has 1 fully saturated rings. The fraction of sp³-hybridized carbons (Fsp3) is 0.500. The number of amides is 2. The molecule has 0 bridgehead atoms. The first-order valence-corrected chi connectivity index (χ1v) is 8.27. The number of urea groups is 1. The monoisotopic (exact) mass is 332 g/mol. The van der Waals surface area contributed by atoms with E-state index in [1.54, 1.807) is 7.11 Å². The van der Waals surface area contributed by atoms with Gasteiger partial charge < -0.3 is 24.5 Å². The molecule has 2 amide bonds. The minimum Gasteiger partial charge on any atom is -0.497 e. The molecule has 0 unspecified atom stereocenters. The van der Waals surface area contributed by atoms with Crippen LogP contribution in [-0.4, -0.2) is 32.9 Å². The first kappa shape index (κ1) is 16.6. The van der Waals surface area contributed by atoms with Gasteiger partial charge in [0.25, 0.3) is 0 Å². The largest absolute Gasteiger partial charge is 0.497 e. The van der Waals surface area contributed by atoms with Gasteiger partial charge in [0.1, 0.15) is 17.1 Å². The Balaban J connectivity index is 1.65. The van der Waals surface area contributed by atoms with Crippen molar-refractivity contribution in [2.45, 2.75) is 26.3 Å². The van der Waals surface area contributed by atoms with Gasteiger partial charge in [-0.25, -0.2) is 4.79 Å². The van der Waals surface area contributed by atoms with E-state index in [-0.39, 0.29) is 12.1 Å². The van der Waals surface area contributed by atoms with Crippen LogP contribution in [0.15, 0.2) is 22.6 Å². The Morgan fingerprint density at radius 3 is 3.00 bits per heavy atom. The van der Waals surface area contributed by atoms with Crippen molar-refractivity contribution in [1.29, 1.82) is 0 Å². The van der Waals surface area contributed by atoms with Gasteiger partial charge >= 0.3 is 6.03 Å². The highest BCUT2D eigenvalue weighted by Crippen LogP contribution is 2.31. The quantitative estimate of drug-likeness (QED) is 0.882. The Morgan fingerprint density at radius 1 is 1.46 bits per heavy atom. The molecule has 0 aliphatic carbocycles. The number of benzene rings is 1. The highest BCUT2D eigenvalue weighted by atomic mass is 16.5. The zero-order valence-electron chi connectivity index (χ0n) is 14.3. The summed E-state index contributed by atoms with van der Waals surface area (Å²) in [4.78, 5) is 12.1. The number of methoxy groups -OCH3 is 1. The van der Waals surface area contributed by atoms with Crippen LogP contribution in [0.5, 0.6) is 5.75 Å². The first-order chi connectivity index (χ1) is 11.6. The van der Waals surface area contributed by atoms with Crippen LogP contribution in [0.25, 0.3) is 11.0 Å². The van der Waals surface area contributed by atoms with Crippen LogP contribution < -0.4 is 15.4 Å². The van der Waals surface area contributed by atoms with Crippen LogP contribution in [0, 0.1) is 12.8 Å². The molecular weight excluding hydrogens is 308 g/mol. The molecule has 1 aliphatic heterocycles. The second kappa shape index (κ2) is 7.13. The number of fused-ring (bicyclic) bond motifs is 1. The van der Waals surface area contributed by atoms with E-state index in [4.69, 9.17) is 13.9 Å². The lowest BCUT2D eigenvalue weighted by atomic mass is 10.1. The molecule has 1 aliphatic rings. The summed E-state index contributed by atoms with van der Waals surface area (Å²) in [6, 6.07) is 5.29. The number of carbonyl (C=O) groups is 1. The Hall–Kier alpha value is -2.21. The molecule has 2 heterocycles. The van der Waals surface area contributed by atoms with E-state index in [0.717, 1.165) is 47.7 Å². The third kappa shape index (κ3) is 3.48. The molecule has 130 valence electrons. The van der Waals surface area contributed by atoms with Gasteiger partial charge in [-0.1, -0.05) is 0 Å².